The summed E-state index contributed by atoms with van der Waals surface area (Å²) in [6.45, 7) is 7.57. The fourth-order valence-electron chi connectivity index (χ4n) is 4.48. The molecule has 38 heavy (non-hydrogen) atoms. The third-order valence-electron chi connectivity index (χ3n) is 6.97. The Morgan fingerprint density at radius 1 is 1.08 bits per heavy atom. The van der Waals surface area contributed by atoms with Crippen LogP contribution < -0.4 is 10.6 Å². The lowest BCUT2D eigenvalue weighted by Gasteiger charge is -2.26. The Balaban J connectivity index is 1.78. The number of methoxy groups -OCH3 is 1. The summed E-state index contributed by atoms with van der Waals surface area (Å²) in [6.07, 6.45) is 2.37. The van der Waals surface area contributed by atoms with Gasteiger partial charge in [-0.2, -0.15) is 0 Å². The van der Waals surface area contributed by atoms with Gasteiger partial charge in [0.05, 0.1) is 12.6 Å². The largest absolute Gasteiger partial charge is 0.382 e. The quantitative estimate of drug-likeness (QED) is 0.365. The van der Waals surface area contributed by atoms with Crippen molar-refractivity contribution >= 4 is 23.4 Å². The second-order valence-corrected chi connectivity index (χ2v) is 11.0. The van der Waals surface area contributed by atoms with Gasteiger partial charge in [-0.25, -0.2) is 0 Å². The summed E-state index contributed by atoms with van der Waals surface area (Å²) >= 11 is 0. The lowest BCUT2D eigenvalue weighted by Crippen LogP contribution is -2.49. The Morgan fingerprint density at radius 3 is 2.32 bits per heavy atom. The molecule has 3 atom stereocenters. The van der Waals surface area contributed by atoms with Crippen molar-refractivity contribution in [2.24, 2.45) is 17.3 Å². The molecule has 9 heteroatoms. The zero-order valence-corrected chi connectivity index (χ0v) is 22.9. The summed E-state index contributed by atoms with van der Waals surface area (Å²) in [5, 5.41) is 9.32. The van der Waals surface area contributed by atoms with Crippen molar-refractivity contribution in [2.45, 2.75) is 71.9 Å². The van der Waals surface area contributed by atoms with Crippen molar-refractivity contribution in [3.63, 3.8) is 0 Å². The van der Waals surface area contributed by atoms with Crippen LogP contribution in [0.25, 0.3) is 0 Å². The highest BCUT2D eigenvalue weighted by molar-refractivity contribution is 5.98. The maximum absolute atomic E-state index is 13.6. The van der Waals surface area contributed by atoms with Gasteiger partial charge in [0.2, 0.25) is 5.91 Å². The summed E-state index contributed by atoms with van der Waals surface area (Å²) in [5.74, 6) is -1.27. The smallest absolute Gasteiger partial charge is 0.274 e. The van der Waals surface area contributed by atoms with Crippen LogP contribution >= 0.6 is 0 Å². The highest BCUT2D eigenvalue weighted by Crippen LogP contribution is 2.47. The lowest BCUT2D eigenvalue weighted by atomic mass is 9.88. The molecule has 0 radical (unpaired) electrons. The average molecular weight is 526 g/mol. The number of carbonyl (C=O) groups is 4. The number of ether oxygens (including phenoxy) is 1. The minimum Gasteiger partial charge on any atom is -0.382 e. The van der Waals surface area contributed by atoms with Crippen molar-refractivity contribution < 1.29 is 28.4 Å². The van der Waals surface area contributed by atoms with Crippen LogP contribution in [0.15, 0.2) is 40.9 Å². The van der Waals surface area contributed by atoms with Crippen LogP contribution in [-0.2, 0) is 25.5 Å². The zero-order valence-electron chi connectivity index (χ0n) is 22.9. The third-order valence-corrected chi connectivity index (χ3v) is 6.97. The van der Waals surface area contributed by atoms with Gasteiger partial charge in [-0.1, -0.05) is 56.3 Å². The molecule has 2 N–H and O–H groups in total. The van der Waals surface area contributed by atoms with E-state index in [-0.39, 0.29) is 47.5 Å². The van der Waals surface area contributed by atoms with Crippen LogP contribution in [0.2, 0.25) is 0 Å². The van der Waals surface area contributed by atoms with Gasteiger partial charge in [0.15, 0.2) is 17.3 Å². The van der Waals surface area contributed by atoms with Crippen LogP contribution in [-0.4, -0.2) is 54.3 Å². The zero-order chi connectivity index (χ0) is 27.9. The molecule has 1 aliphatic carbocycles. The van der Waals surface area contributed by atoms with Gasteiger partial charge in [-0.15, -0.1) is 0 Å². The Kier molecular flexibility index (Phi) is 9.96. The number of nitrogens with zero attached hydrogens (tertiary/aromatic N) is 1. The molecule has 1 aliphatic rings. The van der Waals surface area contributed by atoms with E-state index in [0.29, 0.717) is 18.6 Å². The third kappa shape index (κ3) is 8.08. The van der Waals surface area contributed by atoms with Gasteiger partial charge in [0.25, 0.3) is 5.91 Å². The van der Waals surface area contributed by atoms with Crippen LogP contribution in [0, 0.1) is 24.2 Å². The van der Waals surface area contributed by atoms with Gasteiger partial charge < -0.3 is 19.9 Å². The molecule has 0 bridgehead atoms. The van der Waals surface area contributed by atoms with Crippen molar-refractivity contribution in [2.75, 3.05) is 13.7 Å². The molecule has 1 fully saturated rings. The molecule has 1 heterocycles. The highest BCUT2D eigenvalue weighted by Gasteiger charge is 2.48. The first-order valence-electron chi connectivity index (χ1n) is 13.2. The van der Waals surface area contributed by atoms with Crippen LogP contribution in [0.4, 0.5) is 0 Å². The second kappa shape index (κ2) is 13.0. The number of Topliss-reactive ketones (excluding diaryl/α,β-unsaturated/α-hetero) is 2. The van der Waals surface area contributed by atoms with Gasteiger partial charge in [-0.3, -0.25) is 19.2 Å². The van der Waals surface area contributed by atoms with Gasteiger partial charge in [-0.05, 0) is 44.1 Å². The fourth-order valence-corrected chi connectivity index (χ4v) is 4.48. The number of carbonyl (C=O) groups excluding carboxylic acids is 4. The van der Waals surface area contributed by atoms with E-state index in [1.165, 1.54) is 13.2 Å². The first-order valence-corrected chi connectivity index (χ1v) is 13.2. The molecule has 2 aromatic rings. The Hall–Kier alpha value is -3.33. The summed E-state index contributed by atoms with van der Waals surface area (Å²) in [6, 6.07) is 9.32. The van der Waals surface area contributed by atoms with Crippen molar-refractivity contribution in [3.8, 4) is 0 Å². The number of ketones is 2. The summed E-state index contributed by atoms with van der Waals surface area (Å²) in [5.41, 5.74) is 0.565. The van der Waals surface area contributed by atoms with E-state index in [9.17, 15) is 19.2 Å². The molecule has 1 aromatic heterocycles. The normalized spacial score (nSPS) is 16.4. The molecule has 1 saturated carbocycles. The summed E-state index contributed by atoms with van der Waals surface area (Å²) < 4.78 is 10.1. The minimum absolute atomic E-state index is 0.0526. The van der Waals surface area contributed by atoms with Crippen LogP contribution in [0.3, 0.4) is 0 Å². The van der Waals surface area contributed by atoms with E-state index < -0.39 is 23.9 Å². The fraction of sp³-hybridized carbons (Fsp3) is 0.552. The molecule has 0 unspecified atom stereocenters. The predicted molar refractivity (Wildman–Crippen MR) is 141 cm³/mol. The standard InChI is InChI=1S/C29H39N3O6/c1-18(2)13-22(26(34)29(4)11-12-29)30-27(35)21(15-20-9-7-6-8-10-20)16-25(33)24(17-37-5)31-28(36)23-14-19(3)38-32-23/h6-10,14,18,21-22,24H,11-13,15-17H2,1-5H3,(H,30,35)(H,31,36)/t21-,22+,24+/m1/s1. The van der Waals surface area contributed by atoms with Gasteiger partial charge >= 0.3 is 0 Å². The number of hydrogen-bond acceptors (Lipinski definition) is 7. The van der Waals surface area contributed by atoms with E-state index in [1.807, 2.05) is 51.1 Å². The van der Waals surface area contributed by atoms with Crippen molar-refractivity contribution in [3.05, 3.63) is 53.4 Å². The van der Waals surface area contributed by atoms with E-state index in [1.54, 1.807) is 6.92 Å². The first-order chi connectivity index (χ1) is 18.0. The average Bonchev–Trinajstić information content (AvgIpc) is 3.48. The van der Waals surface area contributed by atoms with Gasteiger partial charge in [0, 0.05) is 30.9 Å². The van der Waals surface area contributed by atoms with E-state index in [4.69, 9.17) is 9.26 Å². The van der Waals surface area contributed by atoms with E-state index >= 15 is 0 Å². The number of aromatic nitrogens is 1. The second-order valence-electron chi connectivity index (χ2n) is 11.0. The van der Waals surface area contributed by atoms with Crippen LogP contribution in [0.5, 0.6) is 0 Å². The molecule has 9 nitrogen and oxygen atoms in total. The predicted octanol–water partition coefficient (Wildman–Crippen LogP) is 3.45. The van der Waals surface area contributed by atoms with Crippen LogP contribution in [0.1, 0.15) is 68.3 Å². The molecule has 0 aliphatic heterocycles. The minimum atomic E-state index is -0.978. The Morgan fingerprint density at radius 2 is 1.76 bits per heavy atom. The first kappa shape index (κ1) is 29.2. The lowest BCUT2D eigenvalue weighted by molar-refractivity contribution is -0.134. The number of nitrogens with one attached hydrogen (secondary N) is 2. The molecule has 3 rings (SSSR count). The van der Waals surface area contributed by atoms with Gasteiger partial charge in [0.1, 0.15) is 11.8 Å². The molecule has 0 saturated heterocycles. The number of rotatable bonds is 15. The molecular formula is C29H39N3O6. The Labute approximate surface area is 224 Å². The van der Waals surface area contributed by atoms with Crippen molar-refractivity contribution in [1.29, 1.82) is 0 Å². The Bertz CT molecular complexity index is 1120. The molecule has 0 spiro atoms. The summed E-state index contributed by atoms with van der Waals surface area (Å²) in [4.78, 5) is 52.8. The topological polar surface area (TPSA) is 128 Å². The number of aryl methyl sites for hydroxylation is 1. The number of benzene rings is 1. The SMILES string of the molecule is COC[C@H](NC(=O)c1cc(C)on1)C(=O)C[C@@H](Cc1ccccc1)C(=O)N[C@@H](CC(C)C)C(=O)C1(C)CC1. The van der Waals surface area contributed by atoms with Crippen molar-refractivity contribution in [1.82, 2.24) is 15.8 Å². The molecular weight excluding hydrogens is 486 g/mol. The summed E-state index contributed by atoms with van der Waals surface area (Å²) in [7, 11) is 1.43. The monoisotopic (exact) mass is 525 g/mol. The molecule has 1 aromatic carbocycles. The molecule has 2 amide bonds. The number of hydrogen-bond donors (Lipinski definition) is 2. The number of amides is 2. The highest BCUT2D eigenvalue weighted by atomic mass is 16.5. The maximum Gasteiger partial charge on any atom is 0.274 e. The van der Waals surface area contributed by atoms with E-state index in [0.717, 1.165) is 18.4 Å². The maximum atomic E-state index is 13.6. The molecule has 206 valence electrons. The van der Waals surface area contributed by atoms with E-state index in [2.05, 4.69) is 15.8 Å².